The number of rotatable bonds is 8. The van der Waals surface area contributed by atoms with Gasteiger partial charge in [0.2, 0.25) is 10.0 Å². The molecule has 182 valence electrons. The highest BCUT2D eigenvalue weighted by molar-refractivity contribution is 7.89. The second kappa shape index (κ2) is 9.93. The summed E-state index contributed by atoms with van der Waals surface area (Å²) in [4.78, 5) is 11.3. The summed E-state index contributed by atoms with van der Waals surface area (Å²) in [7, 11) is -2.06. The van der Waals surface area contributed by atoms with Crippen LogP contribution in [0.5, 0.6) is 11.5 Å². The number of benzene rings is 3. The van der Waals surface area contributed by atoms with Crippen LogP contribution in [0, 0.1) is 0 Å². The molecule has 0 spiro atoms. The quantitative estimate of drug-likeness (QED) is 0.362. The fraction of sp³-hybridized carbons (Fsp3) is 0.222. The Morgan fingerprint density at radius 1 is 1.06 bits per heavy atom. The van der Waals surface area contributed by atoms with E-state index in [1.54, 1.807) is 49.5 Å². The van der Waals surface area contributed by atoms with Crippen LogP contribution in [0.25, 0.3) is 6.08 Å². The Morgan fingerprint density at radius 3 is 2.46 bits per heavy atom. The third kappa shape index (κ3) is 5.90. The number of anilines is 1. The van der Waals surface area contributed by atoms with Gasteiger partial charge in [0, 0.05) is 31.8 Å². The number of nitrogens with one attached hydrogen (secondary N) is 1. The second-order valence-electron chi connectivity index (χ2n) is 8.67. The van der Waals surface area contributed by atoms with Crippen LogP contribution in [0.3, 0.4) is 0 Å². The van der Waals surface area contributed by atoms with Gasteiger partial charge < -0.3 is 14.8 Å². The average molecular weight is 493 g/mol. The largest absolute Gasteiger partial charge is 0.481 e. The van der Waals surface area contributed by atoms with E-state index in [-0.39, 0.29) is 17.4 Å². The van der Waals surface area contributed by atoms with Crippen LogP contribution >= 0.6 is 0 Å². The molecule has 1 N–H and O–H groups in total. The molecule has 0 radical (unpaired) electrons. The predicted molar refractivity (Wildman–Crippen MR) is 136 cm³/mol. The Morgan fingerprint density at radius 2 is 1.77 bits per heavy atom. The van der Waals surface area contributed by atoms with Gasteiger partial charge in [0.1, 0.15) is 17.1 Å². The second-order valence-corrected chi connectivity index (χ2v) is 10.7. The number of carbonyl (C=O) groups excluding carboxylic acids is 1. The lowest BCUT2D eigenvalue weighted by Crippen LogP contribution is -2.45. The van der Waals surface area contributed by atoms with Gasteiger partial charge in [0.05, 0.1) is 11.4 Å². The Labute approximate surface area is 206 Å². The number of fused-ring (bicyclic) bond motifs is 1. The molecule has 3 aromatic rings. The first-order chi connectivity index (χ1) is 16.6. The Hall–Kier alpha value is -3.62. The highest BCUT2D eigenvalue weighted by Gasteiger charge is 2.33. The smallest absolute Gasteiger partial charge is 0.308 e. The van der Waals surface area contributed by atoms with E-state index in [9.17, 15) is 13.2 Å². The minimum atomic E-state index is -3.62. The molecule has 1 aliphatic rings. The van der Waals surface area contributed by atoms with Crippen LogP contribution in [0.1, 0.15) is 25.0 Å². The van der Waals surface area contributed by atoms with Gasteiger partial charge in [-0.05, 0) is 61.0 Å². The van der Waals surface area contributed by atoms with Crippen molar-refractivity contribution < 1.29 is 22.7 Å². The predicted octanol–water partition coefficient (Wildman–Crippen LogP) is 4.71. The molecule has 1 atom stereocenters. The van der Waals surface area contributed by atoms with Crippen LogP contribution in [-0.2, 0) is 21.4 Å². The zero-order valence-corrected chi connectivity index (χ0v) is 20.7. The van der Waals surface area contributed by atoms with Crippen LogP contribution in [0.15, 0.2) is 83.8 Å². The van der Waals surface area contributed by atoms with Gasteiger partial charge in [-0.2, -0.15) is 4.31 Å². The Bertz CT molecular complexity index is 1340. The first-order valence-corrected chi connectivity index (χ1v) is 12.6. The van der Waals surface area contributed by atoms with Crippen LogP contribution in [0.2, 0.25) is 0 Å². The number of hydrogen-bond acceptors (Lipinski definition) is 6. The number of ether oxygens (including phenoxy) is 2. The molecule has 0 saturated carbocycles. The summed E-state index contributed by atoms with van der Waals surface area (Å²) < 4.78 is 38.4. The van der Waals surface area contributed by atoms with E-state index in [4.69, 9.17) is 9.47 Å². The lowest BCUT2D eigenvalue weighted by atomic mass is 10.00. The molecule has 3 aromatic carbocycles. The molecule has 0 aromatic heterocycles. The summed E-state index contributed by atoms with van der Waals surface area (Å²) in [6, 6.07) is 21.5. The number of nitrogens with zero attached hydrogens (tertiary/aromatic N) is 1. The van der Waals surface area contributed by atoms with E-state index in [0.29, 0.717) is 18.0 Å². The van der Waals surface area contributed by atoms with Crippen LogP contribution in [-0.4, -0.2) is 37.9 Å². The molecule has 0 amide bonds. The maximum absolute atomic E-state index is 12.9. The number of esters is 1. The molecular weight excluding hydrogens is 464 g/mol. The zero-order chi connectivity index (χ0) is 25.1. The van der Waals surface area contributed by atoms with Gasteiger partial charge in [-0.3, -0.25) is 4.79 Å². The van der Waals surface area contributed by atoms with Crippen molar-refractivity contribution >= 4 is 27.8 Å². The molecule has 1 heterocycles. The fourth-order valence-electron chi connectivity index (χ4n) is 3.86. The Kier molecular flexibility index (Phi) is 6.95. The van der Waals surface area contributed by atoms with Crippen molar-refractivity contribution in [3.05, 3.63) is 90.0 Å². The lowest BCUT2D eigenvalue weighted by molar-refractivity contribution is -0.131. The molecule has 8 heteroatoms. The minimum absolute atomic E-state index is 0.170. The summed E-state index contributed by atoms with van der Waals surface area (Å²) in [5.74, 6) is 0.861. The summed E-state index contributed by atoms with van der Waals surface area (Å²) in [5.41, 5.74) is 2.07. The topological polar surface area (TPSA) is 84.9 Å². The first-order valence-electron chi connectivity index (χ1n) is 11.2. The highest BCUT2D eigenvalue weighted by Crippen LogP contribution is 2.34. The monoisotopic (exact) mass is 492 g/mol. The molecule has 0 bridgehead atoms. The van der Waals surface area contributed by atoms with E-state index in [1.165, 1.54) is 11.2 Å². The van der Waals surface area contributed by atoms with Gasteiger partial charge in [-0.15, -0.1) is 0 Å². The maximum Gasteiger partial charge on any atom is 0.308 e. The van der Waals surface area contributed by atoms with Gasteiger partial charge >= 0.3 is 5.97 Å². The number of hydrogen-bond donors (Lipinski definition) is 1. The van der Waals surface area contributed by atoms with Crippen molar-refractivity contribution in [2.24, 2.45) is 0 Å². The minimum Gasteiger partial charge on any atom is -0.481 e. The summed E-state index contributed by atoms with van der Waals surface area (Å²) in [6.45, 7) is 4.01. The maximum atomic E-state index is 12.9. The first kappa shape index (κ1) is 24.5. The van der Waals surface area contributed by atoms with E-state index in [2.05, 4.69) is 5.32 Å². The molecule has 35 heavy (non-hydrogen) atoms. The molecular formula is C27H28N2O5S. The molecule has 0 saturated heterocycles. The van der Waals surface area contributed by atoms with E-state index < -0.39 is 15.6 Å². The van der Waals surface area contributed by atoms with Crippen molar-refractivity contribution in [2.45, 2.75) is 30.9 Å². The molecule has 0 fully saturated rings. The van der Waals surface area contributed by atoms with E-state index >= 15 is 0 Å². The molecule has 1 unspecified atom stereocenters. The fourth-order valence-corrected chi connectivity index (χ4v) is 5.15. The molecule has 7 nitrogen and oxygen atoms in total. The summed E-state index contributed by atoms with van der Waals surface area (Å²) >= 11 is 0. The van der Waals surface area contributed by atoms with Crippen molar-refractivity contribution in [3.8, 4) is 11.5 Å². The average Bonchev–Trinajstić information content (AvgIpc) is 2.83. The number of likely N-dealkylation sites (N-methyl/N-ethyl adjacent to an activating group) is 1. The van der Waals surface area contributed by atoms with Crippen molar-refractivity contribution in [2.75, 3.05) is 18.9 Å². The van der Waals surface area contributed by atoms with Crippen molar-refractivity contribution in [1.29, 1.82) is 0 Å². The number of carbonyl (C=O) groups is 1. The van der Waals surface area contributed by atoms with Gasteiger partial charge in [0.15, 0.2) is 0 Å². The third-order valence-corrected chi connectivity index (χ3v) is 7.46. The molecule has 1 aliphatic heterocycles. The van der Waals surface area contributed by atoms with Gasteiger partial charge in [-0.25, -0.2) is 8.42 Å². The molecule has 0 aliphatic carbocycles. The van der Waals surface area contributed by atoms with Gasteiger partial charge in [-0.1, -0.05) is 36.4 Å². The lowest BCUT2D eigenvalue weighted by Gasteiger charge is -2.34. The van der Waals surface area contributed by atoms with E-state index in [0.717, 1.165) is 16.8 Å². The van der Waals surface area contributed by atoms with Crippen molar-refractivity contribution in [1.82, 2.24) is 4.31 Å². The highest BCUT2D eigenvalue weighted by atomic mass is 32.2. The normalized spacial score (nSPS) is 16.9. The SMILES string of the molecule is CC(=O)Oc1ccc(CNc2ccc3c(c2)C=CC(C)(CN(C)S(=O)(=O)c2ccccc2)O3)cc1. The third-order valence-electron chi connectivity index (χ3n) is 5.64. The van der Waals surface area contributed by atoms with Crippen LogP contribution < -0.4 is 14.8 Å². The summed E-state index contributed by atoms with van der Waals surface area (Å²) in [6.07, 6.45) is 3.85. The number of sulfonamides is 1. The zero-order valence-electron chi connectivity index (χ0n) is 19.9. The van der Waals surface area contributed by atoms with Gasteiger partial charge in [0.25, 0.3) is 0 Å². The van der Waals surface area contributed by atoms with Crippen molar-refractivity contribution in [3.63, 3.8) is 0 Å². The van der Waals surface area contributed by atoms with E-state index in [1.807, 2.05) is 49.4 Å². The standard InChI is InChI=1S/C27H28N2O5S/c1-20(30)33-24-12-9-21(10-13-24)18-28-23-11-14-26-22(17-23)15-16-27(2,34-26)19-29(3)35(31,32)25-7-5-4-6-8-25/h4-17,28H,18-19H2,1-3H3. The van der Waals surface area contributed by atoms with Crippen LogP contribution in [0.4, 0.5) is 5.69 Å². The molecule has 4 rings (SSSR count). The Balaban J connectivity index is 1.40. The summed E-state index contributed by atoms with van der Waals surface area (Å²) in [5, 5.41) is 3.38.